The number of hydrogen-bond acceptors (Lipinski definition) is 4. The molecule has 0 amide bonds. The second-order valence-electron chi connectivity index (χ2n) is 4.64. The van der Waals surface area contributed by atoms with Crippen molar-refractivity contribution in [3.63, 3.8) is 0 Å². The third-order valence-corrected chi connectivity index (χ3v) is 5.01. The lowest BCUT2D eigenvalue weighted by Gasteiger charge is -2.20. The highest BCUT2D eigenvalue weighted by Gasteiger charge is 2.36. The van der Waals surface area contributed by atoms with Gasteiger partial charge >= 0.3 is 0 Å². The van der Waals surface area contributed by atoms with E-state index in [2.05, 4.69) is 4.98 Å². The SMILES string of the molecule is N#CCCN(C1CC1)S(=O)(=O)CCc1ccccn1. The van der Waals surface area contributed by atoms with Crippen molar-refractivity contribution in [2.45, 2.75) is 31.7 Å². The van der Waals surface area contributed by atoms with Crippen molar-refractivity contribution in [2.24, 2.45) is 0 Å². The molecule has 0 spiro atoms. The van der Waals surface area contributed by atoms with E-state index in [9.17, 15) is 8.42 Å². The van der Waals surface area contributed by atoms with Crippen LogP contribution in [0.25, 0.3) is 0 Å². The summed E-state index contributed by atoms with van der Waals surface area (Å²) in [7, 11) is -3.29. The summed E-state index contributed by atoms with van der Waals surface area (Å²) in [5.41, 5.74) is 0.780. The maximum Gasteiger partial charge on any atom is 0.214 e. The number of nitriles is 1. The summed E-state index contributed by atoms with van der Waals surface area (Å²) in [5.74, 6) is 0.0615. The molecule has 0 aromatic carbocycles. The van der Waals surface area contributed by atoms with E-state index in [4.69, 9.17) is 5.26 Å². The zero-order valence-corrected chi connectivity index (χ0v) is 11.5. The molecule has 0 saturated heterocycles. The Morgan fingerprint density at radius 3 is 2.79 bits per heavy atom. The van der Waals surface area contributed by atoms with Crippen LogP contribution in [0.5, 0.6) is 0 Å². The molecule has 0 aliphatic heterocycles. The Bertz CT molecular complexity index is 547. The van der Waals surface area contributed by atoms with Gasteiger partial charge in [0.25, 0.3) is 0 Å². The highest BCUT2D eigenvalue weighted by Crippen LogP contribution is 2.29. The molecule has 19 heavy (non-hydrogen) atoms. The van der Waals surface area contributed by atoms with Gasteiger partial charge in [-0.05, 0) is 25.0 Å². The number of pyridine rings is 1. The standard InChI is InChI=1S/C13H17N3O2S/c14-8-3-10-16(13-5-6-13)19(17,18)11-7-12-4-1-2-9-15-12/h1-2,4,9,13H,3,5-7,10-11H2. The second kappa shape index (κ2) is 6.13. The molecule has 1 saturated carbocycles. The second-order valence-corrected chi connectivity index (χ2v) is 6.68. The first-order valence-corrected chi connectivity index (χ1v) is 8.01. The zero-order valence-electron chi connectivity index (χ0n) is 10.7. The van der Waals surface area contributed by atoms with Crippen molar-refractivity contribution in [3.8, 4) is 6.07 Å². The average molecular weight is 279 g/mol. The lowest BCUT2D eigenvalue weighted by Crippen LogP contribution is -2.36. The van der Waals surface area contributed by atoms with Gasteiger partial charge in [-0.25, -0.2) is 8.42 Å². The van der Waals surface area contributed by atoms with Gasteiger partial charge in [-0.3, -0.25) is 4.98 Å². The van der Waals surface area contributed by atoms with Crippen molar-refractivity contribution >= 4 is 10.0 Å². The average Bonchev–Trinajstić information content (AvgIpc) is 3.23. The topological polar surface area (TPSA) is 74.1 Å². The van der Waals surface area contributed by atoms with Gasteiger partial charge in [0.05, 0.1) is 11.8 Å². The number of nitrogens with zero attached hydrogens (tertiary/aromatic N) is 3. The predicted octanol–water partition coefficient (Wildman–Crippen LogP) is 1.33. The van der Waals surface area contributed by atoms with Gasteiger partial charge in [0.2, 0.25) is 10.0 Å². The maximum atomic E-state index is 12.3. The van der Waals surface area contributed by atoms with Crippen LogP contribution in [0.1, 0.15) is 25.0 Å². The smallest absolute Gasteiger partial charge is 0.214 e. The molecule has 1 heterocycles. The molecule has 1 aliphatic carbocycles. The summed E-state index contributed by atoms with van der Waals surface area (Å²) < 4.78 is 26.1. The fourth-order valence-electron chi connectivity index (χ4n) is 1.97. The Balaban J connectivity index is 1.98. The molecule has 0 unspecified atom stereocenters. The number of rotatable bonds is 7. The Labute approximate surface area is 113 Å². The van der Waals surface area contributed by atoms with E-state index in [1.165, 1.54) is 4.31 Å². The van der Waals surface area contributed by atoms with Gasteiger partial charge in [-0.1, -0.05) is 6.07 Å². The zero-order chi connectivity index (χ0) is 13.7. The maximum absolute atomic E-state index is 12.3. The van der Waals surface area contributed by atoms with E-state index in [1.54, 1.807) is 12.3 Å². The lowest BCUT2D eigenvalue weighted by molar-refractivity contribution is 0.410. The first-order valence-electron chi connectivity index (χ1n) is 6.40. The van der Waals surface area contributed by atoms with Gasteiger partial charge in [-0.15, -0.1) is 0 Å². The quantitative estimate of drug-likeness (QED) is 0.754. The fourth-order valence-corrected chi connectivity index (χ4v) is 3.70. The van der Waals surface area contributed by atoms with Gasteiger partial charge in [-0.2, -0.15) is 9.57 Å². The number of hydrogen-bond donors (Lipinski definition) is 0. The van der Waals surface area contributed by atoms with Crippen LogP contribution in [-0.2, 0) is 16.4 Å². The molecule has 1 aromatic heterocycles. The molecule has 1 aromatic rings. The van der Waals surface area contributed by atoms with Crippen LogP contribution in [-0.4, -0.2) is 36.0 Å². The third kappa shape index (κ3) is 4.01. The molecular formula is C13H17N3O2S. The Morgan fingerprint density at radius 1 is 1.42 bits per heavy atom. The van der Waals surface area contributed by atoms with Crippen LogP contribution in [0.15, 0.2) is 24.4 Å². The summed E-state index contributed by atoms with van der Waals surface area (Å²) >= 11 is 0. The minimum Gasteiger partial charge on any atom is -0.261 e. The first-order chi connectivity index (χ1) is 9.13. The van der Waals surface area contributed by atoms with Crippen LogP contribution in [0.4, 0.5) is 0 Å². The van der Waals surface area contributed by atoms with E-state index >= 15 is 0 Å². The van der Waals surface area contributed by atoms with Crippen LogP contribution in [0.3, 0.4) is 0 Å². The third-order valence-electron chi connectivity index (χ3n) is 3.10. The van der Waals surface area contributed by atoms with Gasteiger partial charge in [0, 0.05) is 37.3 Å². The Morgan fingerprint density at radius 2 is 2.21 bits per heavy atom. The van der Waals surface area contributed by atoms with Gasteiger partial charge in [0.1, 0.15) is 0 Å². The summed E-state index contributed by atoms with van der Waals surface area (Å²) in [4.78, 5) is 4.13. The first kappa shape index (κ1) is 14.0. The van der Waals surface area contributed by atoms with Gasteiger partial charge < -0.3 is 0 Å². The molecule has 102 valence electrons. The molecule has 0 N–H and O–H groups in total. The van der Waals surface area contributed by atoms with Crippen molar-refractivity contribution in [1.29, 1.82) is 5.26 Å². The largest absolute Gasteiger partial charge is 0.261 e. The lowest BCUT2D eigenvalue weighted by atomic mass is 10.3. The number of aryl methyl sites for hydroxylation is 1. The summed E-state index contributed by atoms with van der Waals surface area (Å²) in [6.07, 6.45) is 4.15. The van der Waals surface area contributed by atoms with E-state index in [0.717, 1.165) is 18.5 Å². The van der Waals surface area contributed by atoms with Crippen molar-refractivity contribution < 1.29 is 8.42 Å². The Hall–Kier alpha value is -1.45. The molecule has 0 atom stereocenters. The highest BCUT2D eigenvalue weighted by molar-refractivity contribution is 7.89. The van der Waals surface area contributed by atoms with E-state index < -0.39 is 10.0 Å². The molecule has 0 radical (unpaired) electrons. The summed E-state index contributed by atoms with van der Waals surface area (Å²) in [5, 5.41) is 8.61. The molecule has 2 rings (SSSR count). The molecule has 1 fully saturated rings. The summed E-state index contributed by atoms with van der Waals surface area (Å²) in [6, 6.07) is 7.60. The highest BCUT2D eigenvalue weighted by atomic mass is 32.2. The minimum absolute atomic E-state index is 0.0615. The number of aromatic nitrogens is 1. The van der Waals surface area contributed by atoms with E-state index in [-0.39, 0.29) is 18.2 Å². The molecular weight excluding hydrogens is 262 g/mol. The van der Waals surface area contributed by atoms with Crippen LogP contribution < -0.4 is 0 Å². The minimum atomic E-state index is -3.29. The monoisotopic (exact) mass is 279 g/mol. The predicted molar refractivity (Wildman–Crippen MR) is 71.7 cm³/mol. The van der Waals surface area contributed by atoms with Crippen molar-refractivity contribution in [2.75, 3.05) is 12.3 Å². The van der Waals surface area contributed by atoms with Crippen LogP contribution >= 0.6 is 0 Å². The summed E-state index contributed by atoms with van der Waals surface area (Å²) in [6.45, 7) is 0.311. The van der Waals surface area contributed by atoms with Crippen molar-refractivity contribution in [3.05, 3.63) is 30.1 Å². The fraction of sp³-hybridized carbons (Fsp3) is 0.538. The number of sulfonamides is 1. The van der Waals surface area contributed by atoms with Crippen LogP contribution in [0.2, 0.25) is 0 Å². The molecule has 5 nitrogen and oxygen atoms in total. The van der Waals surface area contributed by atoms with E-state index in [1.807, 2.05) is 18.2 Å². The molecule has 0 bridgehead atoms. The molecule has 6 heteroatoms. The van der Waals surface area contributed by atoms with Gasteiger partial charge in [0.15, 0.2) is 0 Å². The van der Waals surface area contributed by atoms with Crippen LogP contribution in [0, 0.1) is 11.3 Å². The van der Waals surface area contributed by atoms with Crippen molar-refractivity contribution in [1.82, 2.24) is 9.29 Å². The Kier molecular flexibility index (Phi) is 4.51. The van der Waals surface area contributed by atoms with E-state index in [0.29, 0.717) is 13.0 Å². The molecule has 1 aliphatic rings. The normalized spacial score (nSPS) is 15.4.